The van der Waals surface area contributed by atoms with E-state index in [1.807, 2.05) is 36.7 Å². The van der Waals surface area contributed by atoms with Gasteiger partial charge in [0.1, 0.15) is 11.5 Å². The Morgan fingerprint density at radius 1 is 1.03 bits per heavy atom. The first-order chi connectivity index (χ1) is 15.4. The number of aromatic amines is 1. The van der Waals surface area contributed by atoms with Gasteiger partial charge < -0.3 is 4.98 Å². The van der Waals surface area contributed by atoms with E-state index in [1.165, 1.54) is 6.07 Å². The lowest BCUT2D eigenvalue weighted by Crippen LogP contribution is -2.17. The van der Waals surface area contributed by atoms with Crippen LogP contribution >= 0.6 is 0 Å². The zero-order chi connectivity index (χ0) is 22.6. The monoisotopic (exact) mass is 452 g/mol. The van der Waals surface area contributed by atoms with Crippen LogP contribution in [0.15, 0.2) is 61.1 Å². The topological polar surface area (TPSA) is 87.7 Å². The van der Waals surface area contributed by atoms with Gasteiger partial charge in [-0.2, -0.15) is 0 Å². The van der Waals surface area contributed by atoms with Gasteiger partial charge in [-0.05, 0) is 60.2 Å². The zero-order valence-corrected chi connectivity index (χ0v) is 18.6. The molecular formula is C24H25FN4O2S. The summed E-state index contributed by atoms with van der Waals surface area (Å²) in [6, 6.07) is 12.7. The summed E-state index contributed by atoms with van der Waals surface area (Å²) in [5.41, 5.74) is 4.41. The number of hydrogen-bond donors (Lipinski definition) is 2. The molecule has 166 valence electrons. The molecule has 4 aromatic rings. The summed E-state index contributed by atoms with van der Waals surface area (Å²) in [6.45, 7) is 1.77. The highest BCUT2D eigenvalue weighted by molar-refractivity contribution is 7.92. The molecule has 0 fully saturated rings. The molecule has 0 saturated carbocycles. The summed E-state index contributed by atoms with van der Waals surface area (Å²) in [5.74, 6) is -0.570. The first-order valence-electron chi connectivity index (χ1n) is 10.6. The number of anilines is 1. The number of aromatic nitrogens is 3. The highest BCUT2D eigenvalue weighted by Crippen LogP contribution is 2.22. The van der Waals surface area contributed by atoms with Gasteiger partial charge in [0.15, 0.2) is 0 Å². The van der Waals surface area contributed by atoms with Crippen LogP contribution in [0.1, 0.15) is 35.7 Å². The molecule has 0 saturated heterocycles. The molecule has 32 heavy (non-hydrogen) atoms. The molecule has 0 radical (unpaired) electrons. The van der Waals surface area contributed by atoms with E-state index in [9.17, 15) is 12.8 Å². The van der Waals surface area contributed by atoms with Crippen LogP contribution in [0.4, 0.5) is 10.1 Å². The van der Waals surface area contributed by atoms with Crippen LogP contribution in [0.3, 0.4) is 0 Å². The molecule has 8 heteroatoms. The van der Waals surface area contributed by atoms with Gasteiger partial charge in [-0.3, -0.25) is 9.71 Å². The molecule has 6 nitrogen and oxygen atoms in total. The molecule has 0 aliphatic carbocycles. The predicted molar refractivity (Wildman–Crippen MR) is 125 cm³/mol. The average molecular weight is 453 g/mol. The molecule has 0 aliphatic heterocycles. The normalized spacial score (nSPS) is 11.7. The smallest absolute Gasteiger partial charge is 0.232 e. The highest BCUT2D eigenvalue weighted by atomic mass is 32.2. The molecule has 1 aromatic carbocycles. The third-order valence-electron chi connectivity index (χ3n) is 5.28. The van der Waals surface area contributed by atoms with Crippen LogP contribution in [0, 0.1) is 5.82 Å². The van der Waals surface area contributed by atoms with Gasteiger partial charge in [0.25, 0.3) is 0 Å². The molecule has 0 unspecified atom stereocenters. The van der Waals surface area contributed by atoms with E-state index in [0.717, 1.165) is 34.3 Å². The van der Waals surface area contributed by atoms with E-state index in [-0.39, 0.29) is 11.4 Å². The molecule has 3 heterocycles. The number of pyridine rings is 2. The summed E-state index contributed by atoms with van der Waals surface area (Å²) in [5, 5.41) is 1.10. The van der Waals surface area contributed by atoms with Crippen molar-refractivity contribution in [1.82, 2.24) is 15.0 Å². The number of fused-ring (bicyclic) bond motifs is 1. The maximum absolute atomic E-state index is 14.8. The van der Waals surface area contributed by atoms with Crippen LogP contribution < -0.4 is 4.72 Å². The third kappa shape index (κ3) is 5.13. The van der Waals surface area contributed by atoms with Gasteiger partial charge in [-0.1, -0.05) is 25.1 Å². The Balaban J connectivity index is 1.41. The highest BCUT2D eigenvalue weighted by Gasteiger charge is 2.14. The third-order valence-corrected chi connectivity index (χ3v) is 6.76. The molecule has 0 atom stereocenters. The van der Waals surface area contributed by atoms with Gasteiger partial charge in [-0.25, -0.2) is 17.8 Å². The number of halogens is 1. The largest absolute Gasteiger partial charge is 0.346 e. The van der Waals surface area contributed by atoms with Crippen molar-refractivity contribution in [2.24, 2.45) is 0 Å². The minimum absolute atomic E-state index is 0.00697. The van der Waals surface area contributed by atoms with Gasteiger partial charge in [0.2, 0.25) is 10.0 Å². The van der Waals surface area contributed by atoms with Gasteiger partial charge in [0.05, 0.1) is 11.4 Å². The molecule has 0 amide bonds. The fourth-order valence-corrected chi connectivity index (χ4v) is 4.82. The van der Waals surface area contributed by atoms with E-state index in [4.69, 9.17) is 0 Å². The second-order valence-electron chi connectivity index (χ2n) is 7.75. The number of benzene rings is 1. The average Bonchev–Trinajstić information content (AvgIpc) is 3.18. The van der Waals surface area contributed by atoms with Crippen LogP contribution in [0.25, 0.3) is 11.0 Å². The van der Waals surface area contributed by atoms with Crippen LogP contribution in [-0.4, -0.2) is 29.1 Å². The van der Waals surface area contributed by atoms with Crippen molar-refractivity contribution in [1.29, 1.82) is 0 Å². The van der Waals surface area contributed by atoms with Crippen LogP contribution in [-0.2, 0) is 29.3 Å². The Bertz CT molecular complexity index is 1320. The number of sulfonamides is 1. The maximum Gasteiger partial charge on any atom is 0.232 e. The van der Waals surface area contributed by atoms with Crippen LogP contribution in [0.5, 0.6) is 0 Å². The lowest BCUT2D eigenvalue weighted by molar-refractivity contribution is 0.595. The molecule has 0 aliphatic rings. The lowest BCUT2D eigenvalue weighted by atomic mass is 10.0. The van der Waals surface area contributed by atoms with Crippen LogP contribution in [0.2, 0.25) is 0 Å². The van der Waals surface area contributed by atoms with Crippen molar-refractivity contribution in [2.45, 2.75) is 32.6 Å². The summed E-state index contributed by atoms with van der Waals surface area (Å²) < 4.78 is 41.1. The Morgan fingerprint density at radius 3 is 2.69 bits per heavy atom. The van der Waals surface area contributed by atoms with E-state index in [1.54, 1.807) is 25.3 Å². The first kappa shape index (κ1) is 22.0. The Labute approximate surface area is 187 Å². The Kier molecular flexibility index (Phi) is 6.50. The summed E-state index contributed by atoms with van der Waals surface area (Å²) in [4.78, 5) is 12.0. The molecular weight excluding hydrogens is 427 g/mol. The number of hydrogen-bond acceptors (Lipinski definition) is 4. The second kappa shape index (κ2) is 9.48. The predicted octanol–water partition coefficient (Wildman–Crippen LogP) is 4.62. The zero-order valence-electron chi connectivity index (χ0n) is 17.8. The van der Waals surface area contributed by atoms with E-state index in [2.05, 4.69) is 19.7 Å². The Morgan fingerprint density at radius 2 is 1.91 bits per heavy atom. The fourth-order valence-electron chi connectivity index (χ4n) is 3.69. The Hall–Kier alpha value is -3.26. The van der Waals surface area contributed by atoms with Crippen molar-refractivity contribution >= 4 is 26.7 Å². The standard InChI is InChI=1S/C24H25FN4O2S/c1-2-13-32(30,31)29-22-7-3-5-18(23(22)25)9-11-20-10-8-17(15-27-20)14-19-16-28-24-21(19)6-4-12-26-24/h3-8,10,12,15-16,29H,2,9,11,13-14H2,1H3,(H,26,28). The van der Waals surface area contributed by atoms with E-state index < -0.39 is 15.8 Å². The van der Waals surface area contributed by atoms with Crippen molar-refractivity contribution in [3.8, 4) is 0 Å². The van der Waals surface area contributed by atoms with Crippen molar-refractivity contribution < 1.29 is 12.8 Å². The summed E-state index contributed by atoms with van der Waals surface area (Å²) in [7, 11) is -3.54. The number of rotatable bonds is 9. The lowest BCUT2D eigenvalue weighted by Gasteiger charge is -2.11. The van der Waals surface area contributed by atoms with Crippen molar-refractivity contribution in [3.05, 3.63) is 89.3 Å². The SMILES string of the molecule is CCCS(=O)(=O)Nc1cccc(CCc2ccc(Cc3c[nH]c4ncccc34)cn2)c1F. The maximum atomic E-state index is 14.8. The minimum Gasteiger partial charge on any atom is -0.346 e. The quantitative estimate of drug-likeness (QED) is 0.388. The van der Waals surface area contributed by atoms with Gasteiger partial charge in [0, 0.05) is 36.1 Å². The summed E-state index contributed by atoms with van der Waals surface area (Å²) >= 11 is 0. The molecule has 2 N–H and O–H groups in total. The first-order valence-corrected chi connectivity index (χ1v) is 12.2. The van der Waals surface area contributed by atoms with Crippen molar-refractivity contribution in [2.75, 3.05) is 10.5 Å². The van der Waals surface area contributed by atoms with Crippen molar-refractivity contribution in [3.63, 3.8) is 0 Å². The van der Waals surface area contributed by atoms with Gasteiger partial charge in [-0.15, -0.1) is 0 Å². The molecule has 0 bridgehead atoms. The minimum atomic E-state index is -3.54. The van der Waals surface area contributed by atoms with Gasteiger partial charge >= 0.3 is 0 Å². The summed E-state index contributed by atoms with van der Waals surface area (Å²) in [6.07, 6.45) is 7.77. The molecule has 4 rings (SSSR count). The van der Waals surface area contributed by atoms with E-state index >= 15 is 0 Å². The number of H-pyrrole nitrogens is 1. The fraction of sp³-hybridized carbons (Fsp3) is 0.250. The van der Waals surface area contributed by atoms with E-state index in [0.29, 0.717) is 24.8 Å². The second-order valence-corrected chi connectivity index (χ2v) is 9.59. The number of nitrogens with one attached hydrogen (secondary N) is 2. The molecule has 0 spiro atoms. The number of aryl methyl sites for hydroxylation is 2. The molecule has 3 aromatic heterocycles. The number of nitrogens with zero attached hydrogens (tertiary/aromatic N) is 2.